The summed E-state index contributed by atoms with van der Waals surface area (Å²) in [6.07, 6.45) is 2.07. The minimum absolute atomic E-state index is 0.272. The van der Waals surface area contributed by atoms with Gasteiger partial charge in [-0.2, -0.15) is 0 Å². The molecule has 0 bridgehead atoms. The molecule has 1 aromatic carbocycles. The normalized spacial score (nSPS) is 10.5. The van der Waals surface area contributed by atoms with E-state index in [9.17, 15) is 4.79 Å². The molecule has 0 radical (unpaired) electrons. The number of benzene rings is 1. The van der Waals surface area contributed by atoms with E-state index in [4.69, 9.17) is 9.84 Å². The monoisotopic (exact) mass is 266 g/mol. The van der Waals surface area contributed by atoms with Gasteiger partial charge in [-0.25, -0.2) is 4.79 Å². The molecule has 0 heterocycles. The fourth-order valence-electron chi connectivity index (χ4n) is 1.76. The molecular weight excluding hydrogens is 244 g/mol. The average molecular weight is 266 g/mol. The topological polar surface area (TPSA) is 61.8 Å². The van der Waals surface area contributed by atoms with Gasteiger partial charge in [0.25, 0.3) is 0 Å². The Labute approximate surface area is 114 Å². The van der Waals surface area contributed by atoms with Crippen molar-refractivity contribution in [2.24, 2.45) is 0 Å². The molecule has 0 aliphatic heterocycles. The lowest BCUT2D eigenvalue weighted by Crippen LogP contribution is -2.14. The highest BCUT2D eigenvalue weighted by molar-refractivity contribution is 5.94. The second kappa shape index (κ2) is 7.63. The van der Waals surface area contributed by atoms with Crippen molar-refractivity contribution >= 4 is 11.7 Å². The zero-order chi connectivity index (χ0) is 14.3. The second-order valence-electron chi connectivity index (χ2n) is 4.65. The summed E-state index contributed by atoms with van der Waals surface area (Å²) in [5, 5.41) is 12.3. The number of methoxy groups -OCH3 is 1. The number of unbranched alkanes of at least 4 members (excludes halogenated alkanes) is 1. The predicted octanol–water partition coefficient (Wildman–Crippen LogP) is 2.15. The van der Waals surface area contributed by atoms with Gasteiger partial charge in [0.15, 0.2) is 0 Å². The smallest absolute Gasteiger partial charge is 0.337 e. The van der Waals surface area contributed by atoms with Crippen LogP contribution in [0.25, 0.3) is 0 Å². The highest BCUT2D eigenvalue weighted by atomic mass is 16.5. The standard InChI is InChI=1S/C14H22N2O3/c1-16(2)9-5-4-8-15-13-10-11(19-3)6-7-12(13)14(17)18/h6-7,10,15H,4-5,8-9H2,1-3H3,(H,17,18). The molecule has 2 N–H and O–H groups in total. The van der Waals surface area contributed by atoms with Crippen LogP contribution < -0.4 is 10.1 Å². The third-order valence-corrected chi connectivity index (χ3v) is 2.80. The van der Waals surface area contributed by atoms with Gasteiger partial charge in [0.1, 0.15) is 5.75 Å². The predicted molar refractivity (Wildman–Crippen MR) is 76.2 cm³/mol. The molecule has 0 aromatic heterocycles. The van der Waals surface area contributed by atoms with E-state index >= 15 is 0 Å². The van der Waals surface area contributed by atoms with Crippen molar-refractivity contribution in [2.45, 2.75) is 12.8 Å². The van der Waals surface area contributed by atoms with Crippen LogP contribution in [-0.2, 0) is 0 Å². The Morgan fingerprint density at radius 3 is 2.68 bits per heavy atom. The zero-order valence-electron chi connectivity index (χ0n) is 11.8. The summed E-state index contributed by atoms with van der Waals surface area (Å²) >= 11 is 0. The third-order valence-electron chi connectivity index (χ3n) is 2.80. The van der Waals surface area contributed by atoms with Gasteiger partial charge in [0, 0.05) is 12.6 Å². The Kier molecular flexibility index (Phi) is 6.15. The Bertz CT molecular complexity index is 419. The van der Waals surface area contributed by atoms with Crippen molar-refractivity contribution in [2.75, 3.05) is 39.6 Å². The molecule has 0 unspecified atom stereocenters. The van der Waals surface area contributed by atoms with Crippen LogP contribution in [0.4, 0.5) is 5.69 Å². The maximum Gasteiger partial charge on any atom is 0.337 e. The van der Waals surface area contributed by atoms with E-state index in [-0.39, 0.29) is 5.56 Å². The van der Waals surface area contributed by atoms with Crippen molar-refractivity contribution in [1.29, 1.82) is 0 Å². The number of aromatic carboxylic acids is 1. The van der Waals surface area contributed by atoms with Crippen molar-refractivity contribution in [3.8, 4) is 5.75 Å². The maximum absolute atomic E-state index is 11.1. The quantitative estimate of drug-likeness (QED) is 0.706. The zero-order valence-corrected chi connectivity index (χ0v) is 11.8. The van der Waals surface area contributed by atoms with Crippen LogP contribution in [0.2, 0.25) is 0 Å². The highest BCUT2D eigenvalue weighted by Crippen LogP contribution is 2.22. The average Bonchev–Trinajstić information content (AvgIpc) is 2.37. The molecule has 5 heteroatoms. The molecule has 19 heavy (non-hydrogen) atoms. The molecule has 1 aromatic rings. The van der Waals surface area contributed by atoms with Gasteiger partial charge in [-0.1, -0.05) is 0 Å². The summed E-state index contributed by atoms with van der Waals surface area (Å²) in [5.41, 5.74) is 0.880. The molecule has 0 saturated carbocycles. The van der Waals surface area contributed by atoms with E-state index in [1.54, 1.807) is 25.3 Å². The molecule has 0 saturated heterocycles. The third kappa shape index (κ3) is 5.18. The summed E-state index contributed by atoms with van der Waals surface area (Å²) in [7, 11) is 5.65. The lowest BCUT2D eigenvalue weighted by atomic mass is 10.1. The van der Waals surface area contributed by atoms with E-state index in [2.05, 4.69) is 10.2 Å². The molecule has 0 atom stereocenters. The SMILES string of the molecule is COc1ccc(C(=O)O)c(NCCCCN(C)C)c1. The van der Waals surface area contributed by atoms with Gasteiger partial charge in [-0.05, 0) is 45.6 Å². The summed E-state index contributed by atoms with van der Waals surface area (Å²) in [5.74, 6) is -0.278. The fourth-order valence-corrected chi connectivity index (χ4v) is 1.76. The van der Waals surface area contributed by atoms with Crippen LogP contribution in [-0.4, -0.2) is 50.3 Å². The fraction of sp³-hybridized carbons (Fsp3) is 0.500. The van der Waals surface area contributed by atoms with Gasteiger partial charge in [0.05, 0.1) is 18.4 Å². The van der Waals surface area contributed by atoms with E-state index in [1.165, 1.54) is 0 Å². The summed E-state index contributed by atoms with van der Waals surface area (Å²) < 4.78 is 5.11. The highest BCUT2D eigenvalue weighted by Gasteiger charge is 2.10. The number of carbonyl (C=O) groups is 1. The molecule has 0 fully saturated rings. The number of carboxylic acid groups (broad SMARTS) is 1. The van der Waals surface area contributed by atoms with Crippen molar-refractivity contribution in [3.05, 3.63) is 23.8 Å². The first kappa shape index (κ1) is 15.3. The minimum atomic E-state index is -0.932. The molecule has 5 nitrogen and oxygen atoms in total. The lowest BCUT2D eigenvalue weighted by molar-refractivity contribution is 0.0698. The van der Waals surface area contributed by atoms with Gasteiger partial charge in [0.2, 0.25) is 0 Å². The molecular formula is C14H22N2O3. The minimum Gasteiger partial charge on any atom is -0.497 e. The van der Waals surface area contributed by atoms with Crippen molar-refractivity contribution < 1.29 is 14.6 Å². The largest absolute Gasteiger partial charge is 0.497 e. The Morgan fingerprint density at radius 2 is 2.11 bits per heavy atom. The molecule has 106 valence electrons. The summed E-state index contributed by atoms with van der Waals surface area (Å²) in [6, 6.07) is 4.93. The number of hydrogen-bond acceptors (Lipinski definition) is 4. The number of ether oxygens (including phenoxy) is 1. The van der Waals surface area contributed by atoms with Crippen molar-refractivity contribution in [3.63, 3.8) is 0 Å². The molecule has 0 amide bonds. The number of nitrogens with one attached hydrogen (secondary N) is 1. The molecule has 1 rings (SSSR count). The van der Waals surface area contributed by atoms with Gasteiger partial charge in [-0.15, -0.1) is 0 Å². The Hall–Kier alpha value is -1.75. The number of nitrogens with zero attached hydrogens (tertiary/aromatic N) is 1. The van der Waals surface area contributed by atoms with E-state index in [0.717, 1.165) is 25.9 Å². The van der Waals surface area contributed by atoms with Crippen LogP contribution in [0.15, 0.2) is 18.2 Å². The molecule has 0 aliphatic carbocycles. The van der Waals surface area contributed by atoms with Gasteiger partial charge >= 0.3 is 5.97 Å². The summed E-state index contributed by atoms with van der Waals surface area (Å²) in [4.78, 5) is 13.2. The van der Waals surface area contributed by atoms with Crippen LogP contribution in [0.1, 0.15) is 23.2 Å². The number of rotatable bonds is 8. The number of anilines is 1. The van der Waals surface area contributed by atoms with Gasteiger partial charge in [-0.3, -0.25) is 0 Å². The number of carboxylic acids is 1. The second-order valence-corrected chi connectivity index (χ2v) is 4.65. The first-order chi connectivity index (χ1) is 9.04. The van der Waals surface area contributed by atoms with Crippen LogP contribution in [0.3, 0.4) is 0 Å². The first-order valence-corrected chi connectivity index (χ1v) is 6.34. The Morgan fingerprint density at radius 1 is 1.37 bits per heavy atom. The Balaban J connectivity index is 2.57. The van der Waals surface area contributed by atoms with Crippen LogP contribution >= 0.6 is 0 Å². The first-order valence-electron chi connectivity index (χ1n) is 6.34. The van der Waals surface area contributed by atoms with Crippen LogP contribution in [0, 0.1) is 0 Å². The maximum atomic E-state index is 11.1. The summed E-state index contributed by atoms with van der Waals surface area (Å²) in [6.45, 7) is 1.78. The lowest BCUT2D eigenvalue weighted by Gasteiger charge is -2.12. The number of hydrogen-bond donors (Lipinski definition) is 2. The van der Waals surface area contributed by atoms with Crippen LogP contribution in [0.5, 0.6) is 5.75 Å². The van der Waals surface area contributed by atoms with Gasteiger partial charge < -0.3 is 20.1 Å². The van der Waals surface area contributed by atoms with E-state index < -0.39 is 5.97 Å². The van der Waals surface area contributed by atoms with Crippen molar-refractivity contribution in [1.82, 2.24) is 4.90 Å². The van der Waals surface area contributed by atoms with E-state index in [1.807, 2.05) is 14.1 Å². The molecule has 0 spiro atoms. The molecule has 0 aliphatic rings. The van der Waals surface area contributed by atoms with E-state index in [0.29, 0.717) is 11.4 Å².